The first kappa shape index (κ1) is 25.0. The summed E-state index contributed by atoms with van der Waals surface area (Å²) in [7, 11) is 1.60. The normalized spacial score (nSPS) is 10.7. The molecule has 2 heterocycles. The molecule has 0 bridgehead atoms. The van der Waals surface area contributed by atoms with Gasteiger partial charge in [0.05, 0.1) is 25.0 Å². The number of nitrogens with one attached hydrogen (secondary N) is 1. The summed E-state index contributed by atoms with van der Waals surface area (Å²) >= 11 is 0.731. The standard InChI is InChI=1S/C25H23FN4O5S/c1-3-4-12-33-18-9-10-19(23(31)28-25-27-15-21(26)36-25)20(14-18)34-17-7-5-16(6-8-17)24-30-29-22(35-24)11-13-32-2/h3,5-10,14-15H,1,4,11-13H2,2H3,(H,27,28,31). The van der Waals surface area contributed by atoms with E-state index in [-0.39, 0.29) is 16.4 Å². The van der Waals surface area contributed by atoms with Gasteiger partial charge in [-0.25, -0.2) is 4.98 Å². The van der Waals surface area contributed by atoms with Gasteiger partial charge < -0.3 is 18.6 Å². The van der Waals surface area contributed by atoms with Crippen molar-refractivity contribution in [2.75, 3.05) is 25.6 Å². The van der Waals surface area contributed by atoms with E-state index >= 15 is 0 Å². The highest BCUT2D eigenvalue weighted by atomic mass is 32.1. The zero-order chi connectivity index (χ0) is 25.3. The maximum atomic E-state index is 13.3. The van der Waals surface area contributed by atoms with Gasteiger partial charge in [0, 0.05) is 25.2 Å². The molecule has 0 aliphatic carbocycles. The van der Waals surface area contributed by atoms with Crippen LogP contribution in [-0.4, -0.2) is 41.4 Å². The Balaban J connectivity index is 1.54. The molecule has 0 spiro atoms. The molecule has 0 saturated heterocycles. The van der Waals surface area contributed by atoms with Crippen molar-refractivity contribution in [1.82, 2.24) is 15.2 Å². The van der Waals surface area contributed by atoms with Crippen LogP contribution >= 0.6 is 11.3 Å². The highest BCUT2D eigenvalue weighted by Gasteiger charge is 2.17. The first-order chi connectivity index (χ1) is 17.6. The van der Waals surface area contributed by atoms with Crippen LogP contribution in [0.25, 0.3) is 11.5 Å². The fourth-order valence-corrected chi connectivity index (χ4v) is 3.59. The van der Waals surface area contributed by atoms with Gasteiger partial charge >= 0.3 is 0 Å². The average molecular weight is 511 g/mol. The molecule has 0 saturated carbocycles. The topological polar surface area (TPSA) is 109 Å². The van der Waals surface area contributed by atoms with Gasteiger partial charge in [-0.15, -0.1) is 16.8 Å². The van der Waals surface area contributed by atoms with Gasteiger partial charge in [-0.2, -0.15) is 4.39 Å². The number of carbonyl (C=O) groups is 1. The van der Waals surface area contributed by atoms with E-state index in [4.69, 9.17) is 18.6 Å². The monoisotopic (exact) mass is 510 g/mol. The zero-order valence-corrected chi connectivity index (χ0v) is 20.2. The van der Waals surface area contributed by atoms with Gasteiger partial charge in [0.1, 0.15) is 17.2 Å². The third-order valence-corrected chi connectivity index (χ3v) is 5.50. The molecule has 11 heteroatoms. The third-order valence-electron chi connectivity index (χ3n) is 4.80. The molecule has 0 aliphatic rings. The van der Waals surface area contributed by atoms with Crippen LogP contribution in [0.1, 0.15) is 22.7 Å². The molecular formula is C25H23FN4O5S. The number of amides is 1. The second-order valence-electron chi connectivity index (χ2n) is 7.38. The summed E-state index contributed by atoms with van der Waals surface area (Å²) < 4.78 is 35.7. The number of hydrogen-bond acceptors (Lipinski definition) is 9. The Kier molecular flexibility index (Phi) is 8.37. The van der Waals surface area contributed by atoms with Crippen molar-refractivity contribution in [2.24, 2.45) is 0 Å². The molecule has 2 aromatic carbocycles. The van der Waals surface area contributed by atoms with Gasteiger partial charge in [0.25, 0.3) is 5.91 Å². The molecule has 2 aromatic heterocycles. The summed E-state index contributed by atoms with van der Waals surface area (Å²) in [6, 6.07) is 11.8. The highest BCUT2D eigenvalue weighted by Crippen LogP contribution is 2.32. The number of aromatic nitrogens is 3. The molecule has 0 radical (unpaired) electrons. The van der Waals surface area contributed by atoms with E-state index < -0.39 is 11.0 Å². The Morgan fingerprint density at radius 1 is 1.17 bits per heavy atom. The van der Waals surface area contributed by atoms with Crippen molar-refractivity contribution >= 4 is 22.4 Å². The van der Waals surface area contributed by atoms with E-state index in [2.05, 4.69) is 27.1 Å². The second-order valence-corrected chi connectivity index (χ2v) is 8.36. The number of anilines is 1. The molecule has 0 fully saturated rings. The first-order valence-electron chi connectivity index (χ1n) is 11.0. The summed E-state index contributed by atoms with van der Waals surface area (Å²) in [5.41, 5.74) is 0.939. The smallest absolute Gasteiger partial charge is 0.261 e. The lowest BCUT2D eigenvalue weighted by molar-refractivity contribution is 0.102. The zero-order valence-electron chi connectivity index (χ0n) is 19.4. The average Bonchev–Trinajstić information content (AvgIpc) is 3.52. The number of carbonyl (C=O) groups excluding carboxylic acids is 1. The summed E-state index contributed by atoms with van der Waals surface area (Å²) in [5, 5.41) is 10.3. The molecule has 0 aliphatic heterocycles. The number of halogens is 1. The van der Waals surface area contributed by atoms with Crippen molar-refractivity contribution in [3.8, 4) is 28.7 Å². The van der Waals surface area contributed by atoms with E-state index in [1.165, 1.54) is 0 Å². The Hall–Kier alpha value is -4.09. The number of rotatable bonds is 12. The Morgan fingerprint density at radius 2 is 1.97 bits per heavy atom. The van der Waals surface area contributed by atoms with Crippen LogP contribution in [0.2, 0.25) is 0 Å². The van der Waals surface area contributed by atoms with Crippen molar-refractivity contribution in [3.63, 3.8) is 0 Å². The number of methoxy groups -OCH3 is 1. The lowest BCUT2D eigenvalue weighted by Crippen LogP contribution is -2.13. The minimum Gasteiger partial charge on any atom is -0.493 e. The molecule has 1 N–H and O–H groups in total. The highest BCUT2D eigenvalue weighted by molar-refractivity contribution is 7.14. The van der Waals surface area contributed by atoms with E-state index in [0.29, 0.717) is 54.9 Å². The lowest BCUT2D eigenvalue weighted by Gasteiger charge is -2.13. The molecule has 4 rings (SSSR count). The molecule has 186 valence electrons. The molecule has 36 heavy (non-hydrogen) atoms. The second kappa shape index (κ2) is 12.0. The predicted octanol–water partition coefficient (Wildman–Crippen LogP) is 5.52. The first-order valence-corrected chi connectivity index (χ1v) is 11.8. The van der Waals surface area contributed by atoms with E-state index in [0.717, 1.165) is 17.5 Å². The summed E-state index contributed by atoms with van der Waals surface area (Å²) in [6.07, 6.45) is 3.98. The minimum absolute atomic E-state index is 0.142. The number of nitrogens with zero attached hydrogens (tertiary/aromatic N) is 3. The number of thiazole rings is 1. The third kappa shape index (κ3) is 6.52. The molecule has 1 amide bonds. The van der Waals surface area contributed by atoms with Crippen LogP contribution in [0, 0.1) is 5.13 Å². The Bertz CT molecular complexity index is 1320. The van der Waals surface area contributed by atoms with Gasteiger partial charge in [0.15, 0.2) is 10.3 Å². The van der Waals surface area contributed by atoms with Gasteiger partial charge in [0.2, 0.25) is 11.8 Å². The summed E-state index contributed by atoms with van der Waals surface area (Å²) in [6.45, 7) is 4.59. The SMILES string of the molecule is C=CCCOc1ccc(C(=O)Nc2ncc(F)s2)c(Oc2ccc(-c3nnc(CCOC)o3)cc2)c1. The fourth-order valence-electron chi connectivity index (χ4n) is 3.05. The summed E-state index contributed by atoms with van der Waals surface area (Å²) in [5.74, 6) is 1.61. The minimum atomic E-state index is -0.500. The maximum absolute atomic E-state index is 13.3. The van der Waals surface area contributed by atoms with E-state index in [1.54, 1.807) is 55.7 Å². The van der Waals surface area contributed by atoms with E-state index in [1.807, 2.05) is 0 Å². The quantitative estimate of drug-likeness (QED) is 0.196. The van der Waals surface area contributed by atoms with Crippen LogP contribution in [0.15, 0.2) is 65.7 Å². The van der Waals surface area contributed by atoms with Gasteiger partial charge in [-0.3, -0.25) is 10.1 Å². The van der Waals surface area contributed by atoms with Crippen LogP contribution in [0.5, 0.6) is 17.2 Å². The molecule has 0 atom stereocenters. The molecule has 9 nitrogen and oxygen atoms in total. The van der Waals surface area contributed by atoms with Gasteiger partial charge in [-0.05, 0) is 42.8 Å². The van der Waals surface area contributed by atoms with Gasteiger partial charge in [-0.1, -0.05) is 17.4 Å². The molecule has 0 unspecified atom stereocenters. The fraction of sp³-hybridized carbons (Fsp3) is 0.200. The molecular weight excluding hydrogens is 487 g/mol. The van der Waals surface area contributed by atoms with Crippen LogP contribution < -0.4 is 14.8 Å². The van der Waals surface area contributed by atoms with Crippen LogP contribution in [-0.2, 0) is 11.2 Å². The van der Waals surface area contributed by atoms with Crippen molar-refractivity contribution in [1.29, 1.82) is 0 Å². The number of hydrogen-bond donors (Lipinski definition) is 1. The van der Waals surface area contributed by atoms with Crippen molar-refractivity contribution in [3.05, 3.63) is 77.9 Å². The lowest BCUT2D eigenvalue weighted by atomic mass is 10.1. The summed E-state index contributed by atoms with van der Waals surface area (Å²) in [4.78, 5) is 16.7. The van der Waals surface area contributed by atoms with Crippen molar-refractivity contribution < 1.29 is 27.8 Å². The largest absolute Gasteiger partial charge is 0.493 e. The van der Waals surface area contributed by atoms with Crippen molar-refractivity contribution in [2.45, 2.75) is 12.8 Å². The number of benzene rings is 2. The number of ether oxygens (including phenoxy) is 3. The van der Waals surface area contributed by atoms with E-state index in [9.17, 15) is 9.18 Å². The van der Waals surface area contributed by atoms with Crippen LogP contribution in [0.4, 0.5) is 9.52 Å². The Labute approximate surface area is 210 Å². The predicted molar refractivity (Wildman–Crippen MR) is 132 cm³/mol. The Morgan fingerprint density at radius 3 is 2.69 bits per heavy atom. The maximum Gasteiger partial charge on any atom is 0.261 e. The van der Waals surface area contributed by atoms with Crippen LogP contribution in [0.3, 0.4) is 0 Å². The molecule has 4 aromatic rings.